The third-order valence-corrected chi connectivity index (χ3v) is 15.8. The summed E-state index contributed by atoms with van der Waals surface area (Å²) >= 11 is 5.76. The molecule has 6 heterocycles. The molecular formula is C82H147ClN60O6. The molecule has 67 heteroatoms. The summed E-state index contributed by atoms with van der Waals surface area (Å²) in [6.07, 6.45) is 12.7. The summed E-state index contributed by atoms with van der Waals surface area (Å²) in [4.78, 5) is 67.6. The van der Waals surface area contributed by atoms with Gasteiger partial charge in [-0.3, -0.25) is 62.2 Å². The van der Waals surface area contributed by atoms with Crippen LogP contribution in [0.1, 0.15) is 81.4 Å². The number of nitrogens with two attached hydrogens (primary N) is 27. The minimum absolute atomic E-state index is 0.00741. The number of nitrogens with zero attached hydrogens (tertiary/aromatic N) is 22. The largest absolute Gasteiger partial charge is 0.504 e. The molecule has 10 rings (SSSR count). The van der Waals surface area contributed by atoms with Gasteiger partial charge in [-0.15, -0.1) is 15.3 Å². The van der Waals surface area contributed by atoms with Crippen molar-refractivity contribution >= 4 is 160 Å². The van der Waals surface area contributed by atoms with Gasteiger partial charge in [-0.05, 0) is 141 Å². The standard InChI is InChI=1S/C11H16ClN5.C11H15N5O2.C10H15N5O2.C10H15N5.2C8H13N5O.C6H13N5.C6H15N5.C4H9N5.C4H11N5.C2H5N5.C2H7N5/c1-7(2)15-10(13)17-11(14)16-9-5-3-8(12)4-6-9;12-10(13)16-11(14)15-4-3-7-1-2-8-9(5-7)18-6-17-8;11-9(12)15-10(13)14-4-3-6-1-2-7(16)8(17)5-6;11-9(12)15-10(13)14-7-6-8-4-2-1-3-5-8;9-7(10)13-8(11)12-3-1-6-2-4-14-5-6;9-7(10)13-8(11)12-4-3-6-2-1-5-14-6;1-2-3-4-8-6-9-5(7)10-11-6;1-2-3-4-10-6(9)11-5(7)8;1-9(2)4-6-3(5)7-8-4;1-9(2)4(7)8-3(5)6;3-1-5-2(4)7-6-1;3-1(4)7-2(5)6/h3-7H,1-2H3,(H5,13,14,15,16,17);1-2,5H,3-4,6H2,(H6,12,13,14,15,16);1-2,5,16-17H,3-4H2,(H6,11,12,13,14,15);1-5H,6-7H2,(H6,11,12,13,14,15);2,4-5H,1,3H2,(H6,9,10,11,12,13);1-2,5H,3-4H2,(H6,9,10,11,12,13);2-4H2,1H3,(H4,7,8,9,10,11);2-4H2,1H3,(H6,7,8,9,10,11);1-2H3,(H3,5,6,7,8);1-2H3,(H5,5,6,7,8);(H5,3,4,5,6,7);(H7,3,4,5,6,7). The number of aromatic nitrogens is 9. The topological polar surface area (TPSA) is 1240 Å². The first-order valence-electron chi connectivity index (χ1n) is 43.9. The molecule has 0 radical (unpaired) electrons. The number of hydrogen-bond acceptors (Lipinski definition) is 29. The van der Waals surface area contributed by atoms with Gasteiger partial charge in [0, 0.05) is 97.2 Å². The fraction of sp³-hybridized carbons (Fsp3) is 0.317. The summed E-state index contributed by atoms with van der Waals surface area (Å²) in [5, 5.41) is 74.3. The van der Waals surface area contributed by atoms with Gasteiger partial charge < -0.3 is 204 Å². The SMILES string of the molecule is CC(C)N=C(N)N=C(N)Nc1ccc(Cl)cc1.CCCCN=C(N)NC(=N)N.CCCCNc1n[nH]c(N)n1.CN(C)C(N)=NC(=N)N.CN(C)c1n[nH]c(N)n1.N=C(N)NC(=N)N.NC(N)=NC(N)=NCCc1ccc(O)c(O)c1.NC(N)=NC(N)=NCCc1ccc2c(c1)OCO2.NC(N)=NC(N)=NCCc1ccccc1.NC(N)=NC(N)=NCCc1ccco1.NC(N)=NC(N)=NCCc1ccoc1.Nc1n[nH]c(N)n1. The Kier molecular flexibility index (Phi) is 68.1. The van der Waals surface area contributed by atoms with Crippen molar-refractivity contribution in [3.63, 3.8) is 0 Å². The van der Waals surface area contributed by atoms with E-state index < -0.39 is 0 Å². The van der Waals surface area contributed by atoms with Crippen molar-refractivity contribution in [2.24, 2.45) is 202 Å². The molecule has 0 bridgehead atoms. The molecule has 1 aliphatic rings. The van der Waals surface area contributed by atoms with Gasteiger partial charge in [0.1, 0.15) is 5.76 Å². The fourth-order valence-electron chi connectivity index (χ4n) is 9.19. The van der Waals surface area contributed by atoms with E-state index in [2.05, 4.69) is 145 Å². The molecular weight excluding hydrogens is 1960 g/mol. The lowest BCUT2D eigenvalue weighted by Crippen LogP contribution is -2.40. The lowest BCUT2D eigenvalue weighted by atomic mass is 10.1. The van der Waals surface area contributed by atoms with Crippen LogP contribution in [0.5, 0.6) is 23.0 Å². The highest BCUT2D eigenvalue weighted by atomic mass is 35.5. The average Bonchev–Trinajstić information content (AvgIpc) is 1.72. The number of guanidine groups is 18. The van der Waals surface area contributed by atoms with E-state index >= 15 is 0 Å². The first-order valence-corrected chi connectivity index (χ1v) is 44.2. The molecule has 0 saturated heterocycles. The number of phenolic OH excluding ortho intramolecular Hbond substituents is 2. The smallest absolute Gasteiger partial charge is 0.245 e. The second-order valence-electron chi connectivity index (χ2n) is 29.2. The number of aromatic amines is 3. The zero-order chi connectivity index (χ0) is 113. The van der Waals surface area contributed by atoms with Crippen LogP contribution in [0.4, 0.5) is 41.4 Å². The highest BCUT2D eigenvalue weighted by Crippen LogP contribution is 2.33. The minimum Gasteiger partial charge on any atom is -0.504 e. The van der Waals surface area contributed by atoms with Gasteiger partial charge >= 0.3 is 0 Å². The van der Waals surface area contributed by atoms with Crippen molar-refractivity contribution in [3.8, 4) is 23.0 Å². The van der Waals surface area contributed by atoms with Crippen LogP contribution in [-0.2, 0) is 32.1 Å². The van der Waals surface area contributed by atoms with Crippen molar-refractivity contribution in [1.82, 2.24) is 61.1 Å². The fourth-order valence-corrected chi connectivity index (χ4v) is 9.31. The number of nitrogens with one attached hydrogen (secondary N) is 11. The van der Waals surface area contributed by atoms with Crippen LogP contribution in [0.3, 0.4) is 0 Å². The second kappa shape index (κ2) is 77.5. The maximum absolute atomic E-state index is 9.26. The number of aromatic hydroxyl groups is 2. The van der Waals surface area contributed by atoms with Crippen molar-refractivity contribution in [2.75, 3.05) is 119 Å². The van der Waals surface area contributed by atoms with E-state index in [1.807, 2.05) is 100.0 Å². The van der Waals surface area contributed by atoms with Gasteiger partial charge in [-0.2, -0.15) is 49.9 Å². The first-order chi connectivity index (χ1) is 70.3. The van der Waals surface area contributed by atoms with Crippen LogP contribution >= 0.6 is 11.6 Å². The van der Waals surface area contributed by atoms with Crippen LogP contribution in [0, 0.1) is 21.6 Å². The second-order valence-corrected chi connectivity index (χ2v) is 29.7. The highest BCUT2D eigenvalue weighted by molar-refractivity contribution is 6.30. The maximum Gasteiger partial charge on any atom is 0.245 e. The number of halogens is 1. The Hall–Kier alpha value is -20.2. The van der Waals surface area contributed by atoms with Crippen LogP contribution in [0.25, 0.3) is 0 Å². The number of anilines is 7. The first kappa shape index (κ1) is 131. The number of phenols is 2. The van der Waals surface area contributed by atoms with E-state index in [0.29, 0.717) is 80.9 Å². The molecule has 0 atom stereocenters. The summed E-state index contributed by atoms with van der Waals surface area (Å²) in [6, 6.07) is 33.0. The normalized spacial score (nSPS) is 11.2. The molecule has 1 aliphatic heterocycles. The van der Waals surface area contributed by atoms with E-state index in [1.54, 1.807) is 73.0 Å². The number of furan rings is 2. The van der Waals surface area contributed by atoms with Crippen molar-refractivity contribution in [1.29, 1.82) is 21.6 Å². The monoisotopic (exact) mass is 2100 g/mol. The van der Waals surface area contributed by atoms with Gasteiger partial charge in [0.25, 0.3) is 0 Å². The Morgan fingerprint density at radius 2 is 0.919 bits per heavy atom. The Balaban J connectivity index is 0. The molecule has 0 fully saturated rings. The number of hydrogen-bond donors (Lipinski definition) is 40. The minimum atomic E-state index is -0.312. The molecule has 9 aromatic rings. The molecule has 818 valence electrons. The third kappa shape index (κ3) is 76.3. The Morgan fingerprint density at radius 1 is 0.450 bits per heavy atom. The summed E-state index contributed by atoms with van der Waals surface area (Å²) in [5.41, 5.74) is 145. The van der Waals surface area contributed by atoms with E-state index in [-0.39, 0.29) is 144 Å². The van der Waals surface area contributed by atoms with Crippen molar-refractivity contribution in [3.05, 3.63) is 161 Å². The third-order valence-electron chi connectivity index (χ3n) is 15.5. The Morgan fingerprint density at radius 3 is 1.30 bits per heavy atom. The molecule has 4 aromatic carbocycles. The molecule has 0 saturated carbocycles. The van der Waals surface area contributed by atoms with Gasteiger partial charge in [0.05, 0.1) is 18.8 Å². The summed E-state index contributed by atoms with van der Waals surface area (Å²) in [7, 11) is 7.15. The molecule has 66 nitrogen and oxygen atoms in total. The number of nitrogen functional groups attached to an aromatic ring is 4. The lowest BCUT2D eigenvalue weighted by molar-refractivity contribution is 0.174. The van der Waals surface area contributed by atoms with E-state index in [0.717, 1.165) is 91.1 Å². The van der Waals surface area contributed by atoms with Gasteiger partial charge in [-0.1, -0.05) is 80.8 Å². The Bertz CT molecular complexity index is 5640. The van der Waals surface area contributed by atoms with E-state index in [9.17, 15) is 5.11 Å². The number of benzene rings is 4. The predicted molar refractivity (Wildman–Crippen MR) is 595 cm³/mol. The van der Waals surface area contributed by atoms with Crippen LogP contribution < -0.4 is 190 Å². The number of H-pyrrole nitrogens is 3. The maximum atomic E-state index is 9.26. The van der Waals surface area contributed by atoms with Crippen LogP contribution in [0.15, 0.2) is 207 Å². The van der Waals surface area contributed by atoms with Crippen LogP contribution in [0.2, 0.25) is 5.02 Å². The van der Waals surface area contributed by atoms with Crippen molar-refractivity contribution < 1.29 is 28.5 Å². The molecule has 5 aromatic heterocycles. The number of aliphatic imine (C=N–C) groups is 14. The molecule has 0 spiro atoms. The number of rotatable bonds is 25. The summed E-state index contributed by atoms with van der Waals surface area (Å²) in [5.74, 6) is 3.96. The van der Waals surface area contributed by atoms with Gasteiger partial charge in [-0.25, -0.2) is 20.3 Å². The zero-order valence-electron chi connectivity index (χ0n) is 84.1. The molecule has 0 amide bonds. The van der Waals surface area contributed by atoms with Gasteiger partial charge in [0.2, 0.25) is 90.2 Å². The summed E-state index contributed by atoms with van der Waals surface area (Å²) in [6.45, 7) is 12.4. The summed E-state index contributed by atoms with van der Waals surface area (Å²) < 4.78 is 20.5. The number of fused-ring (bicyclic) bond motifs is 1. The quantitative estimate of drug-likeness (QED) is 0.0110. The Labute approximate surface area is 864 Å². The zero-order valence-corrected chi connectivity index (χ0v) is 84.8. The van der Waals surface area contributed by atoms with E-state index in [1.165, 1.54) is 17.7 Å². The average molecular weight is 2100 g/mol. The molecule has 0 aliphatic carbocycles. The predicted octanol–water partition coefficient (Wildman–Crippen LogP) is -5.07. The van der Waals surface area contributed by atoms with Crippen molar-refractivity contribution in [2.45, 2.75) is 91.5 Å². The molecule has 0 unspecified atom stereocenters. The van der Waals surface area contributed by atoms with E-state index in [4.69, 9.17) is 211 Å². The van der Waals surface area contributed by atoms with Crippen LogP contribution in [-0.4, -0.2) is 255 Å². The highest BCUT2D eigenvalue weighted by Gasteiger charge is 2.14. The molecule has 149 heavy (non-hydrogen) atoms. The van der Waals surface area contributed by atoms with Gasteiger partial charge in [0.15, 0.2) is 82.6 Å². The lowest BCUT2D eigenvalue weighted by Gasteiger charge is -2.08. The molecule has 67 N–H and O–H groups in total. The number of ether oxygens (including phenoxy) is 2. The number of unbranched alkanes of at least 4 members (excludes halogenated alkanes) is 2.